The van der Waals surface area contributed by atoms with Crippen molar-refractivity contribution in [3.05, 3.63) is 64.5 Å². The van der Waals surface area contributed by atoms with Crippen molar-refractivity contribution >= 4 is 28.5 Å². The van der Waals surface area contributed by atoms with E-state index in [0.29, 0.717) is 22.6 Å². The molecule has 0 spiro atoms. The Hall–Kier alpha value is -3.20. The van der Waals surface area contributed by atoms with Crippen molar-refractivity contribution < 1.29 is 13.8 Å². The molecule has 2 aromatic carbocycles. The Kier molecular flexibility index (Phi) is 4.13. The molecule has 2 aromatic heterocycles. The molecule has 2 heterocycles. The van der Waals surface area contributed by atoms with Crippen LogP contribution in [0.5, 0.6) is 0 Å². The smallest absolute Gasteiger partial charge is 0.269 e. The molecule has 0 amide bonds. The summed E-state index contributed by atoms with van der Waals surface area (Å²) >= 11 is 1.37. The van der Waals surface area contributed by atoms with Gasteiger partial charge >= 0.3 is 0 Å². The molecule has 0 radical (unpaired) electrons. The highest BCUT2D eigenvalue weighted by Crippen LogP contribution is 2.36. The summed E-state index contributed by atoms with van der Waals surface area (Å²) < 4.78 is 11.4. The molecule has 130 valence electrons. The van der Waals surface area contributed by atoms with Crippen LogP contribution in [0, 0.1) is 10.1 Å². The second-order valence-corrected chi connectivity index (χ2v) is 6.75. The Balaban J connectivity index is 1.52. The van der Waals surface area contributed by atoms with Gasteiger partial charge in [-0.3, -0.25) is 10.1 Å². The third-order valence-electron chi connectivity index (χ3n) is 3.67. The number of benzene rings is 2. The fourth-order valence-electron chi connectivity index (χ4n) is 2.34. The lowest BCUT2D eigenvalue weighted by molar-refractivity contribution is -0.384. The number of fused-ring (bicyclic) bond motifs is 1. The second kappa shape index (κ2) is 6.60. The van der Waals surface area contributed by atoms with Crippen LogP contribution in [0.2, 0.25) is 0 Å². The van der Waals surface area contributed by atoms with Gasteiger partial charge in [-0.25, -0.2) is 4.98 Å². The third kappa shape index (κ3) is 3.16. The fraction of sp³-hybridized carbons (Fsp3) is 0.118. The molecule has 0 fully saturated rings. The molecule has 0 aliphatic heterocycles. The standard InChI is InChI=1S/C17H12N4O4S/c1-10(26-17-18-13-4-2-3-5-14(13)24-17)15-19-20-16(25-15)11-6-8-12(9-7-11)21(22)23/h2-10H,1H3. The van der Waals surface area contributed by atoms with Crippen LogP contribution in [0.25, 0.3) is 22.6 Å². The molecule has 0 aliphatic carbocycles. The van der Waals surface area contributed by atoms with Gasteiger partial charge in [-0.15, -0.1) is 10.2 Å². The monoisotopic (exact) mass is 368 g/mol. The van der Waals surface area contributed by atoms with Crippen molar-refractivity contribution in [2.75, 3.05) is 0 Å². The zero-order chi connectivity index (χ0) is 18.1. The molecule has 4 rings (SSSR count). The average molecular weight is 368 g/mol. The molecule has 1 atom stereocenters. The van der Waals surface area contributed by atoms with Gasteiger partial charge in [0.15, 0.2) is 5.58 Å². The van der Waals surface area contributed by atoms with E-state index < -0.39 is 4.92 Å². The van der Waals surface area contributed by atoms with E-state index in [1.165, 1.54) is 23.9 Å². The van der Waals surface area contributed by atoms with Crippen molar-refractivity contribution in [3.8, 4) is 11.5 Å². The first-order valence-corrected chi connectivity index (χ1v) is 8.58. The summed E-state index contributed by atoms with van der Waals surface area (Å²) in [6.45, 7) is 1.91. The third-order valence-corrected chi connectivity index (χ3v) is 4.60. The number of para-hydroxylation sites is 2. The molecule has 9 heteroatoms. The Morgan fingerprint density at radius 3 is 2.58 bits per heavy atom. The first-order chi connectivity index (χ1) is 12.6. The minimum absolute atomic E-state index is 0.00775. The van der Waals surface area contributed by atoms with Gasteiger partial charge in [0.25, 0.3) is 10.9 Å². The number of oxazole rings is 1. The predicted octanol–water partition coefficient (Wildman–Crippen LogP) is 4.64. The van der Waals surface area contributed by atoms with Crippen LogP contribution in [0.15, 0.2) is 62.6 Å². The van der Waals surface area contributed by atoms with E-state index in [0.717, 1.165) is 11.1 Å². The Morgan fingerprint density at radius 1 is 1.08 bits per heavy atom. The SMILES string of the molecule is CC(Sc1nc2ccccc2o1)c1nnc(-c2ccc([N+](=O)[O-])cc2)o1. The molecule has 0 aliphatic rings. The number of nitro groups is 1. The summed E-state index contributed by atoms with van der Waals surface area (Å²) in [4.78, 5) is 14.7. The topological polar surface area (TPSA) is 108 Å². The number of non-ortho nitro benzene ring substituents is 1. The maximum absolute atomic E-state index is 10.7. The lowest BCUT2D eigenvalue weighted by atomic mass is 10.2. The van der Waals surface area contributed by atoms with Crippen molar-refractivity contribution in [1.82, 2.24) is 15.2 Å². The zero-order valence-electron chi connectivity index (χ0n) is 13.5. The first-order valence-electron chi connectivity index (χ1n) is 7.70. The Morgan fingerprint density at radius 2 is 1.85 bits per heavy atom. The van der Waals surface area contributed by atoms with Gasteiger partial charge in [-0.05, 0) is 31.2 Å². The van der Waals surface area contributed by atoms with E-state index in [4.69, 9.17) is 8.83 Å². The summed E-state index contributed by atoms with van der Waals surface area (Å²) in [7, 11) is 0. The lowest BCUT2D eigenvalue weighted by Crippen LogP contribution is -1.88. The number of aromatic nitrogens is 3. The zero-order valence-corrected chi connectivity index (χ0v) is 14.3. The largest absolute Gasteiger partial charge is 0.431 e. The highest BCUT2D eigenvalue weighted by molar-refractivity contribution is 7.99. The predicted molar refractivity (Wildman–Crippen MR) is 94.7 cm³/mol. The normalized spacial score (nSPS) is 12.3. The molecule has 26 heavy (non-hydrogen) atoms. The highest BCUT2D eigenvalue weighted by atomic mass is 32.2. The quantitative estimate of drug-likeness (QED) is 0.285. The van der Waals surface area contributed by atoms with Gasteiger partial charge in [0, 0.05) is 17.7 Å². The summed E-state index contributed by atoms with van der Waals surface area (Å²) in [6.07, 6.45) is 0. The summed E-state index contributed by atoms with van der Waals surface area (Å²) in [5.41, 5.74) is 2.14. The van der Waals surface area contributed by atoms with Gasteiger partial charge in [0.2, 0.25) is 11.8 Å². The molecule has 0 saturated heterocycles. The van der Waals surface area contributed by atoms with Crippen LogP contribution in [0.4, 0.5) is 5.69 Å². The van der Waals surface area contributed by atoms with Crippen molar-refractivity contribution in [3.63, 3.8) is 0 Å². The van der Waals surface area contributed by atoms with Crippen LogP contribution < -0.4 is 0 Å². The maximum atomic E-state index is 10.7. The van der Waals surface area contributed by atoms with Gasteiger partial charge in [-0.1, -0.05) is 23.9 Å². The highest BCUT2D eigenvalue weighted by Gasteiger charge is 2.19. The van der Waals surface area contributed by atoms with E-state index in [-0.39, 0.29) is 10.9 Å². The van der Waals surface area contributed by atoms with E-state index in [1.54, 1.807) is 12.1 Å². The van der Waals surface area contributed by atoms with Crippen molar-refractivity contribution in [2.24, 2.45) is 0 Å². The van der Waals surface area contributed by atoms with Crippen molar-refractivity contribution in [2.45, 2.75) is 17.4 Å². The number of nitrogens with zero attached hydrogens (tertiary/aromatic N) is 4. The van der Waals surface area contributed by atoms with Crippen LogP contribution in [0.3, 0.4) is 0 Å². The minimum atomic E-state index is -0.456. The molecule has 0 N–H and O–H groups in total. The summed E-state index contributed by atoms with van der Waals surface area (Å²) in [5.74, 6) is 0.727. The number of hydrogen-bond acceptors (Lipinski definition) is 8. The van der Waals surface area contributed by atoms with E-state index in [9.17, 15) is 10.1 Å². The molecule has 0 bridgehead atoms. The Bertz CT molecular complexity index is 1040. The number of hydrogen-bond donors (Lipinski definition) is 0. The number of nitro benzene ring substituents is 1. The summed E-state index contributed by atoms with van der Waals surface area (Å²) in [5, 5.41) is 19.1. The first kappa shape index (κ1) is 16.3. The van der Waals surface area contributed by atoms with Crippen LogP contribution in [-0.2, 0) is 0 Å². The number of rotatable bonds is 5. The van der Waals surface area contributed by atoms with Crippen LogP contribution in [-0.4, -0.2) is 20.1 Å². The second-order valence-electron chi connectivity index (χ2n) is 5.46. The van der Waals surface area contributed by atoms with Gasteiger partial charge < -0.3 is 8.83 Å². The lowest BCUT2D eigenvalue weighted by Gasteiger charge is -2.01. The molecule has 0 saturated carbocycles. The van der Waals surface area contributed by atoms with Crippen LogP contribution >= 0.6 is 11.8 Å². The molecular weight excluding hydrogens is 356 g/mol. The number of thioether (sulfide) groups is 1. The Labute approximate surface area is 151 Å². The summed E-state index contributed by atoms with van der Waals surface area (Å²) in [6, 6.07) is 13.5. The molecule has 4 aromatic rings. The van der Waals surface area contributed by atoms with E-state index in [1.807, 2.05) is 31.2 Å². The van der Waals surface area contributed by atoms with Gasteiger partial charge in [-0.2, -0.15) is 0 Å². The van der Waals surface area contributed by atoms with E-state index >= 15 is 0 Å². The maximum Gasteiger partial charge on any atom is 0.269 e. The van der Waals surface area contributed by atoms with E-state index in [2.05, 4.69) is 15.2 Å². The fourth-order valence-corrected chi connectivity index (χ4v) is 3.13. The average Bonchev–Trinajstić information content (AvgIpc) is 3.28. The van der Waals surface area contributed by atoms with Gasteiger partial charge in [0.1, 0.15) is 5.52 Å². The van der Waals surface area contributed by atoms with Gasteiger partial charge in [0.05, 0.1) is 10.2 Å². The van der Waals surface area contributed by atoms with Crippen LogP contribution in [0.1, 0.15) is 18.1 Å². The molecule has 8 nitrogen and oxygen atoms in total. The molecular formula is C17H12N4O4S. The minimum Gasteiger partial charge on any atom is -0.431 e. The van der Waals surface area contributed by atoms with Crippen molar-refractivity contribution in [1.29, 1.82) is 0 Å². The molecule has 1 unspecified atom stereocenters.